The van der Waals surface area contributed by atoms with E-state index < -0.39 is 0 Å². The van der Waals surface area contributed by atoms with E-state index in [1.165, 1.54) is 0 Å². The highest BCUT2D eigenvalue weighted by molar-refractivity contribution is 9.10. The molecule has 0 aliphatic rings. The minimum Gasteiger partial charge on any atom is -0.355 e. The maximum Gasteiger partial charge on any atom is 0.273 e. The van der Waals surface area contributed by atoms with Crippen molar-refractivity contribution in [1.82, 2.24) is 15.5 Å². The number of halogens is 1. The summed E-state index contributed by atoms with van der Waals surface area (Å²) in [6, 6.07) is 13.3. The van der Waals surface area contributed by atoms with Crippen molar-refractivity contribution in [2.75, 3.05) is 6.54 Å². The lowest BCUT2D eigenvalue weighted by atomic mass is 9.84. The lowest BCUT2D eigenvalue weighted by molar-refractivity contribution is 0.0936. The zero-order valence-electron chi connectivity index (χ0n) is 14.0. The van der Waals surface area contributed by atoms with Crippen molar-refractivity contribution < 1.29 is 9.32 Å². The second kappa shape index (κ2) is 7.19. The lowest BCUT2D eigenvalue weighted by Crippen LogP contribution is -2.36. The first-order chi connectivity index (χ1) is 12.0. The van der Waals surface area contributed by atoms with E-state index in [0.717, 1.165) is 15.6 Å². The van der Waals surface area contributed by atoms with E-state index in [4.69, 9.17) is 4.52 Å². The number of carbonyl (C=O) groups excluding carboxylic acids is 1. The van der Waals surface area contributed by atoms with Crippen molar-refractivity contribution >= 4 is 21.8 Å². The van der Waals surface area contributed by atoms with E-state index in [1.54, 1.807) is 30.6 Å². The first-order valence-corrected chi connectivity index (χ1v) is 8.66. The maximum absolute atomic E-state index is 12.4. The van der Waals surface area contributed by atoms with Crippen LogP contribution < -0.4 is 5.32 Å². The fourth-order valence-corrected chi connectivity index (χ4v) is 2.69. The van der Waals surface area contributed by atoms with Crippen molar-refractivity contribution in [3.8, 4) is 11.3 Å². The van der Waals surface area contributed by atoms with E-state index in [-0.39, 0.29) is 17.0 Å². The summed E-state index contributed by atoms with van der Waals surface area (Å²) >= 11 is 3.43. The molecule has 6 heteroatoms. The Balaban J connectivity index is 1.66. The number of nitrogens with one attached hydrogen (secondary N) is 1. The molecular weight excluding hydrogens is 382 g/mol. The fraction of sp³-hybridized carbons (Fsp3) is 0.211. The van der Waals surface area contributed by atoms with Crippen molar-refractivity contribution in [2.24, 2.45) is 0 Å². The third-order valence-corrected chi connectivity index (χ3v) is 4.55. The van der Waals surface area contributed by atoms with Crippen LogP contribution in [0.4, 0.5) is 0 Å². The second-order valence-corrected chi connectivity index (χ2v) is 7.30. The van der Waals surface area contributed by atoms with Gasteiger partial charge in [-0.05, 0) is 29.8 Å². The average Bonchev–Trinajstić information content (AvgIpc) is 3.11. The van der Waals surface area contributed by atoms with Crippen LogP contribution in [0.25, 0.3) is 11.3 Å². The molecule has 1 amide bonds. The van der Waals surface area contributed by atoms with E-state index in [0.29, 0.717) is 12.3 Å². The Kier molecular flexibility index (Phi) is 4.99. The van der Waals surface area contributed by atoms with E-state index in [9.17, 15) is 4.79 Å². The summed E-state index contributed by atoms with van der Waals surface area (Å²) in [6.07, 6.45) is 3.33. The van der Waals surface area contributed by atoms with Crippen molar-refractivity contribution in [1.29, 1.82) is 0 Å². The van der Waals surface area contributed by atoms with Gasteiger partial charge in [0.15, 0.2) is 11.5 Å². The minimum absolute atomic E-state index is 0.200. The van der Waals surface area contributed by atoms with Gasteiger partial charge in [0.1, 0.15) is 0 Å². The Morgan fingerprint density at radius 3 is 2.52 bits per heavy atom. The lowest BCUT2D eigenvalue weighted by Gasteiger charge is -2.25. The van der Waals surface area contributed by atoms with Crippen LogP contribution in [-0.4, -0.2) is 22.6 Å². The Hall–Kier alpha value is -2.47. The molecule has 0 aliphatic heterocycles. The zero-order valence-corrected chi connectivity index (χ0v) is 15.6. The normalized spacial score (nSPS) is 11.3. The molecular formula is C19H18BrN3O2. The standard InChI is InChI=1S/C19H18BrN3O2/c1-19(2,14-3-5-15(20)6-4-14)12-22-18(24)16-11-17(25-23-16)13-7-9-21-10-8-13/h3-11H,12H2,1-2H3,(H,22,24). The Labute approximate surface area is 154 Å². The van der Waals surface area contributed by atoms with Crippen LogP contribution in [-0.2, 0) is 5.41 Å². The van der Waals surface area contributed by atoms with E-state index in [2.05, 4.69) is 45.2 Å². The molecule has 3 aromatic rings. The van der Waals surface area contributed by atoms with Crippen molar-refractivity contribution in [2.45, 2.75) is 19.3 Å². The second-order valence-electron chi connectivity index (χ2n) is 6.39. The topological polar surface area (TPSA) is 68.0 Å². The van der Waals surface area contributed by atoms with Crippen LogP contribution >= 0.6 is 15.9 Å². The first-order valence-electron chi connectivity index (χ1n) is 7.87. The number of benzene rings is 1. The predicted octanol–water partition coefficient (Wildman–Crippen LogP) is 4.21. The van der Waals surface area contributed by atoms with Gasteiger partial charge in [0.05, 0.1) is 0 Å². The molecule has 2 heterocycles. The molecule has 3 rings (SSSR count). The highest BCUT2D eigenvalue weighted by atomic mass is 79.9. The number of nitrogens with zero attached hydrogens (tertiary/aromatic N) is 2. The van der Waals surface area contributed by atoms with Crippen LogP contribution in [0.5, 0.6) is 0 Å². The molecule has 0 spiro atoms. The van der Waals surface area contributed by atoms with Gasteiger partial charge in [0.25, 0.3) is 5.91 Å². The summed E-state index contributed by atoms with van der Waals surface area (Å²) in [6.45, 7) is 4.66. The summed E-state index contributed by atoms with van der Waals surface area (Å²) in [4.78, 5) is 16.3. The minimum atomic E-state index is -0.255. The molecule has 0 atom stereocenters. The summed E-state index contributed by atoms with van der Waals surface area (Å²) in [5.74, 6) is 0.286. The maximum atomic E-state index is 12.4. The number of pyridine rings is 1. The van der Waals surface area contributed by atoms with Gasteiger partial charge in [-0.2, -0.15) is 0 Å². The third kappa shape index (κ3) is 4.14. The van der Waals surface area contributed by atoms with Crippen LogP contribution in [0.1, 0.15) is 29.9 Å². The summed E-state index contributed by atoms with van der Waals surface area (Å²) in [7, 11) is 0. The van der Waals surface area contributed by atoms with E-state index >= 15 is 0 Å². The van der Waals surface area contributed by atoms with Crippen molar-refractivity contribution in [3.05, 3.63) is 70.6 Å². The highest BCUT2D eigenvalue weighted by Crippen LogP contribution is 2.24. The molecule has 0 fully saturated rings. The molecule has 128 valence electrons. The van der Waals surface area contributed by atoms with Gasteiger partial charge in [-0.15, -0.1) is 0 Å². The molecule has 2 aromatic heterocycles. The quantitative estimate of drug-likeness (QED) is 0.697. The van der Waals surface area contributed by atoms with E-state index in [1.807, 2.05) is 24.3 Å². The fourth-order valence-electron chi connectivity index (χ4n) is 2.43. The first kappa shape index (κ1) is 17.4. The molecule has 0 radical (unpaired) electrons. The summed E-state index contributed by atoms with van der Waals surface area (Å²) in [5.41, 5.74) is 2.04. The van der Waals surface area contributed by atoms with Crippen LogP contribution in [0, 0.1) is 0 Å². The Morgan fingerprint density at radius 1 is 1.16 bits per heavy atom. The molecule has 0 saturated heterocycles. The van der Waals surface area contributed by atoms with Crippen molar-refractivity contribution in [3.63, 3.8) is 0 Å². The molecule has 0 aliphatic carbocycles. The number of rotatable bonds is 5. The molecule has 1 N–H and O–H groups in total. The monoisotopic (exact) mass is 399 g/mol. The Bertz CT molecular complexity index is 858. The number of amides is 1. The van der Waals surface area contributed by atoms with Gasteiger partial charge in [-0.3, -0.25) is 9.78 Å². The van der Waals surface area contributed by atoms with Crippen LogP contribution in [0.2, 0.25) is 0 Å². The molecule has 0 saturated carbocycles. The highest BCUT2D eigenvalue weighted by Gasteiger charge is 2.23. The van der Waals surface area contributed by atoms with Gasteiger partial charge in [-0.25, -0.2) is 0 Å². The molecule has 0 bridgehead atoms. The molecule has 5 nitrogen and oxygen atoms in total. The number of aromatic nitrogens is 2. The zero-order chi connectivity index (χ0) is 17.9. The number of hydrogen-bond donors (Lipinski definition) is 1. The Morgan fingerprint density at radius 2 is 1.84 bits per heavy atom. The summed E-state index contributed by atoms with van der Waals surface area (Å²) in [5, 5.41) is 6.80. The molecule has 0 unspecified atom stereocenters. The van der Waals surface area contributed by atoms with Crippen LogP contribution in [0.3, 0.4) is 0 Å². The average molecular weight is 400 g/mol. The number of carbonyl (C=O) groups is 1. The number of hydrogen-bond acceptors (Lipinski definition) is 4. The SMILES string of the molecule is CC(C)(CNC(=O)c1cc(-c2ccncc2)on1)c1ccc(Br)cc1. The summed E-state index contributed by atoms with van der Waals surface area (Å²) < 4.78 is 6.29. The van der Waals surface area contributed by atoms with Gasteiger partial charge in [-0.1, -0.05) is 47.1 Å². The molecule has 25 heavy (non-hydrogen) atoms. The smallest absolute Gasteiger partial charge is 0.273 e. The largest absolute Gasteiger partial charge is 0.355 e. The van der Waals surface area contributed by atoms with Gasteiger partial charge in [0.2, 0.25) is 0 Å². The third-order valence-electron chi connectivity index (χ3n) is 4.02. The van der Waals surface area contributed by atoms with Gasteiger partial charge in [0, 0.05) is 40.5 Å². The van der Waals surface area contributed by atoms with Crippen LogP contribution in [0.15, 0.2) is 63.9 Å². The molecule has 1 aromatic carbocycles. The van der Waals surface area contributed by atoms with Gasteiger partial charge < -0.3 is 9.84 Å². The van der Waals surface area contributed by atoms with Gasteiger partial charge >= 0.3 is 0 Å². The predicted molar refractivity (Wildman–Crippen MR) is 99.2 cm³/mol.